The fraction of sp³-hybridized carbons (Fsp3) is 0.231. The molecule has 0 aliphatic rings. The quantitative estimate of drug-likeness (QED) is 0.856. The van der Waals surface area contributed by atoms with Crippen molar-refractivity contribution in [3.63, 3.8) is 0 Å². The van der Waals surface area contributed by atoms with Gasteiger partial charge in [-0.2, -0.15) is 8.78 Å². The van der Waals surface area contributed by atoms with Crippen molar-refractivity contribution in [2.45, 2.75) is 19.7 Å². The number of carbonyl (C=O) groups excluding carboxylic acids is 1. The van der Waals surface area contributed by atoms with Crippen LogP contribution in [0.15, 0.2) is 29.6 Å². The van der Waals surface area contributed by atoms with Crippen LogP contribution in [0.2, 0.25) is 0 Å². The van der Waals surface area contributed by atoms with E-state index >= 15 is 0 Å². The van der Waals surface area contributed by atoms with Gasteiger partial charge in [-0.1, -0.05) is 18.2 Å². The maximum absolute atomic E-state index is 12.3. The molecule has 1 heterocycles. The maximum Gasteiger partial charge on any atom is 0.387 e. The third-order valence-corrected chi connectivity index (χ3v) is 3.46. The van der Waals surface area contributed by atoms with Gasteiger partial charge in [0.25, 0.3) is 5.91 Å². The molecule has 0 spiro atoms. The van der Waals surface area contributed by atoms with Crippen molar-refractivity contribution in [2.75, 3.05) is 0 Å². The molecule has 0 bridgehead atoms. The molecule has 1 amide bonds. The third kappa shape index (κ3) is 4.20. The maximum atomic E-state index is 12.3. The zero-order chi connectivity index (χ0) is 15.2. The summed E-state index contributed by atoms with van der Waals surface area (Å²) >= 11 is 1.29. The van der Waals surface area contributed by atoms with Gasteiger partial charge in [-0.15, -0.1) is 11.3 Å². The van der Waals surface area contributed by atoms with Crippen LogP contribution in [-0.4, -0.2) is 17.5 Å². The summed E-state index contributed by atoms with van der Waals surface area (Å²) in [4.78, 5) is 15.9. The van der Waals surface area contributed by atoms with Crippen LogP contribution in [0.5, 0.6) is 5.75 Å². The number of para-hydroxylation sites is 1. The van der Waals surface area contributed by atoms with Gasteiger partial charge in [0.1, 0.15) is 16.5 Å². The lowest BCUT2D eigenvalue weighted by Crippen LogP contribution is -2.23. The Bertz CT molecular complexity index is 619. The second kappa shape index (κ2) is 7.09. The van der Waals surface area contributed by atoms with E-state index in [0.29, 0.717) is 10.6 Å². The molecule has 0 atom stereocenters. The summed E-state index contributed by atoms with van der Waals surface area (Å²) in [5.74, 6) is -0.355. The molecule has 0 radical (unpaired) electrons. The van der Waals surface area contributed by atoms with Gasteiger partial charge in [0.2, 0.25) is 0 Å². The summed E-state index contributed by atoms with van der Waals surface area (Å²) in [5, 5.41) is 4.86. The van der Waals surface area contributed by atoms with Crippen molar-refractivity contribution in [1.82, 2.24) is 10.3 Å². The zero-order valence-electron chi connectivity index (χ0n) is 10.9. The van der Waals surface area contributed by atoms with Crippen molar-refractivity contribution >= 4 is 17.2 Å². The lowest BCUT2D eigenvalue weighted by molar-refractivity contribution is -0.0504. The molecule has 1 aromatic carbocycles. The molecule has 8 heteroatoms. The first-order chi connectivity index (χ1) is 10.1. The number of nitrogens with zero attached hydrogens (tertiary/aromatic N) is 1. The third-order valence-electron chi connectivity index (χ3n) is 2.59. The largest absolute Gasteiger partial charge is 0.434 e. The molecular formula is C13H13F2N3O2S. The first-order valence-corrected chi connectivity index (χ1v) is 6.93. The highest BCUT2D eigenvalue weighted by atomic mass is 32.1. The highest BCUT2D eigenvalue weighted by Gasteiger charge is 2.12. The predicted molar refractivity (Wildman–Crippen MR) is 74.2 cm³/mol. The SMILES string of the molecule is NCc1nc(C(=O)NCc2ccccc2OC(F)F)cs1. The van der Waals surface area contributed by atoms with Crippen LogP contribution >= 0.6 is 11.3 Å². The minimum absolute atomic E-state index is 0.0359. The van der Waals surface area contributed by atoms with E-state index in [1.807, 2.05) is 0 Å². The summed E-state index contributed by atoms with van der Waals surface area (Å²) in [6.45, 7) is -2.58. The number of carbonyl (C=O) groups is 1. The number of halogens is 2. The second-order valence-corrected chi connectivity index (χ2v) is 4.94. The van der Waals surface area contributed by atoms with E-state index in [2.05, 4.69) is 15.0 Å². The van der Waals surface area contributed by atoms with Gasteiger partial charge in [0.05, 0.1) is 0 Å². The van der Waals surface area contributed by atoms with E-state index in [9.17, 15) is 13.6 Å². The van der Waals surface area contributed by atoms with E-state index in [1.54, 1.807) is 23.6 Å². The topological polar surface area (TPSA) is 77.2 Å². The molecule has 2 rings (SSSR count). The Hall–Kier alpha value is -2.06. The van der Waals surface area contributed by atoms with E-state index in [1.165, 1.54) is 17.4 Å². The Morgan fingerprint density at radius 2 is 2.19 bits per heavy atom. The summed E-state index contributed by atoms with van der Waals surface area (Å²) in [5.41, 5.74) is 6.14. The van der Waals surface area contributed by atoms with E-state index < -0.39 is 12.5 Å². The average Bonchev–Trinajstić information content (AvgIpc) is 2.94. The van der Waals surface area contributed by atoms with Crippen molar-refractivity contribution in [2.24, 2.45) is 5.73 Å². The number of ether oxygens (including phenoxy) is 1. The molecule has 0 saturated heterocycles. The lowest BCUT2D eigenvalue weighted by atomic mass is 10.2. The predicted octanol–water partition coefficient (Wildman–Crippen LogP) is 2.13. The fourth-order valence-electron chi connectivity index (χ4n) is 1.64. The molecule has 5 nitrogen and oxygen atoms in total. The number of hydrogen-bond donors (Lipinski definition) is 2. The number of amides is 1. The van der Waals surface area contributed by atoms with Crippen LogP contribution in [0, 0.1) is 0 Å². The van der Waals surface area contributed by atoms with Gasteiger partial charge >= 0.3 is 6.61 Å². The Morgan fingerprint density at radius 3 is 2.86 bits per heavy atom. The molecule has 112 valence electrons. The van der Waals surface area contributed by atoms with Gasteiger partial charge in [-0.3, -0.25) is 4.79 Å². The monoisotopic (exact) mass is 313 g/mol. The molecular weight excluding hydrogens is 300 g/mol. The molecule has 2 aromatic rings. The highest BCUT2D eigenvalue weighted by Crippen LogP contribution is 2.20. The van der Waals surface area contributed by atoms with Crippen molar-refractivity contribution in [3.8, 4) is 5.75 Å². The molecule has 21 heavy (non-hydrogen) atoms. The lowest BCUT2D eigenvalue weighted by Gasteiger charge is -2.10. The summed E-state index contributed by atoms with van der Waals surface area (Å²) in [6, 6.07) is 6.28. The van der Waals surface area contributed by atoms with Crippen LogP contribution in [0.25, 0.3) is 0 Å². The smallest absolute Gasteiger partial charge is 0.387 e. The number of rotatable bonds is 6. The van der Waals surface area contributed by atoms with Gasteiger partial charge in [-0.25, -0.2) is 4.98 Å². The summed E-state index contributed by atoms with van der Waals surface area (Å²) in [7, 11) is 0. The molecule has 1 aromatic heterocycles. The Balaban J connectivity index is 2.01. The molecule has 0 saturated carbocycles. The first-order valence-electron chi connectivity index (χ1n) is 6.05. The summed E-state index contributed by atoms with van der Waals surface area (Å²) < 4.78 is 28.9. The van der Waals surface area contributed by atoms with Crippen LogP contribution in [0.3, 0.4) is 0 Å². The van der Waals surface area contributed by atoms with Crippen LogP contribution < -0.4 is 15.8 Å². The first kappa shape index (κ1) is 15.3. The minimum atomic E-state index is -2.91. The number of aromatic nitrogens is 1. The minimum Gasteiger partial charge on any atom is -0.434 e. The molecule has 0 unspecified atom stereocenters. The number of benzene rings is 1. The summed E-state index contributed by atoms with van der Waals surface area (Å²) in [6.07, 6.45) is 0. The Kier molecular flexibility index (Phi) is 5.18. The number of nitrogens with two attached hydrogens (primary N) is 1. The Labute approximate surface area is 123 Å². The average molecular weight is 313 g/mol. The van der Waals surface area contributed by atoms with Gasteiger partial charge in [-0.05, 0) is 6.07 Å². The van der Waals surface area contributed by atoms with E-state index in [0.717, 1.165) is 0 Å². The van der Waals surface area contributed by atoms with Crippen LogP contribution in [0.4, 0.5) is 8.78 Å². The van der Waals surface area contributed by atoms with Crippen molar-refractivity contribution in [1.29, 1.82) is 0 Å². The van der Waals surface area contributed by atoms with E-state index in [-0.39, 0.29) is 24.5 Å². The number of hydrogen-bond acceptors (Lipinski definition) is 5. The van der Waals surface area contributed by atoms with Crippen molar-refractivity contribution in [3.05, 3.63) is 45.9 Å². The zero-order valence-corrected chi connectivity index (χ0v) is 11.7. The molecule has 3 N–H and O–H groups in total. The van der Waals surface area contributed by atoms with Gasteiger partial charge in [0.15, 0.2) is 0 Å². The fourth-order valence-corrected chi connectivity index (χ4v) is 2.29. The van der Waals surface area contributed by atoms with Gasteiger partial charge < -0.3 is 15.8 Å². The molecule has 0 fully saturated rings. The van der Waals surface area contributed by atoms with E-state index in [4.69, 9.17) is 5.73 Å². The van der Waals surface area contributed by atoms with Crippen LogP contribution in [-0.2, 0) is 13.1 Å². The molecule has 0 aliphatic heterocycles. The Morgan fingerprint density at radius 1 is 1.43 bits per heavy atom. The number of thiazole rings is 1. The molecule has 0 aliphatic carbocycles. The highest BCUT2D eigenvalue weighted by molar-refractivity contribution is 7.09. The van der Waals surface area contributed by atoms with Gasteiger partial charge in [0, 0.05) is 24.0 Å². The number of alkyl halides is 2. The second-order valence-electron chi connectivity index (χ2n) is 4.00. The van der Waals surface area contributed by atoms with Crippen molar-refractivity contribution < 1.29 is 18.3 Å². The number of nitrogens with one attached hydrogen (secondary N) is 1. The standard InChI is InChI=1S/C13H13F2N3O2S/c14-13(15)20-10-4-2-1-3-8(10)6-17-12(19)9-7-21-11(5-16)18-9/h1-4,7,13H,5-6,16H2,(H,17,19). The normalized spacial score (nSPS) is 10.7. The van der Waals surface area contributed by atoms with Crippen LogP contribution in [0.1, 0.15) is 21.1 Å².